The van der Waals surface area contributed by atoms with Gasteiger partial charge in [0, 0.05) is 6.42 Å². The third-order valence-electron chi connectivity index (χ3n) is 3.31. The molecule has 0 saturated heterocycles. The Kier molecular flexibility index (Phi) is 3.13. The number of aliphatic carboxylic acids is 2. The molecule has 2 N–H and O–H groups in total. The highest BCUT2D eigenvalue weighted by Crippen LogP contribution is 2.42. The number of hydrogen-bond acceptors (Lipinski definition) is 2. The van der Waals surface area contributed by atoms with Crippen LogP contribution >= 0.6 is 0 Å². The smallest absolute Gasteiger partial charge is 0.309 e. The highest BCUT2D eigenvalue weighted by atomic mass is 16.4. The lowest BCUT2D eigenvalue weighted by atomic mass is 9.66. The molecular formula is C10H16O4. The number of carboxylic acids is 2. The molecule has 0 radical (unpaired) electrons. The molecule has 0 aliphatic heterocycles. The van der Waals surface area contributed by atoms with Crippen LogP contribution in [0.25, 0.3) is 0 Å². The van der Waals surface area contributed by atoms with Crippen LogP contribution in [0, 0.1) is 11.3 Å². The van der Waals surface area contributed by atoms with Gasteiger partial charge in [-0.3, -0.25) is 9.59 Å². The van der Waals surface area contributed by atoms with Gasteiger partial charge in [0.2, 0.25) is 0 Å². The predicted molar refractivity (Wildman–Crippen MR) is 50.0 cm³/mol. The van der Waals surface area contributed by atoms with Crippen molar-refractivity contribution in [3.8, 4) is 0 Å². The molecule has 1 fully saturated rings. The number of carbonyl (C=O) groups is 2. The van der Waals surface area contributed by atoms with Crippen molar-refractivity contribution in [1.82, 2.24) is 0 Å². The molecule has 1 aliphatic carbocycles. The maximum Gasteiger partial charge on any atom is 0.309 e. The van der Waals surface area contributed by atoms with E-state index in [2.05, 4.69) is 0 Å². The zero-order chi connectivity index (χ0) is 10.8. The third-order valence-corrected chi connectivity index (χ3v) is 3.31. The fourth-order valence-electron chi connectivity index (χ4n) is 2.23. The molecule has 0 amide bonds. The lowest BCUT2D eigenvalue weighted by Crippen LogP contribution is -2.39. The van der Waals surface area contributed by atoms with Crippen molar-refractivity contribution in [2.75, 3.05) is 0 Å². The minimum absolute atomic E-state index is 0.0250. The van der Waals surface area contributed by atoms with Crippen LogP contribution in [0.5, 0.6) is 0 Å². The molecule has 0 aromatic rings. The van der Waals surface area contributed by atoms with Crippen molar-refractivity contribution in [2.45, 2.75) is 39.0 Å². The minimum Gasteiger partial charge on any atom is -0.481 e. The average molecular weight is 200 g/mol. The van der Waals surface area contributed by atoms with E-state index in [4.69, 9.17) is 10.2 Å². The lowest BCUT2D eigenvalue weighted by Gasteiger charge is -2.37. The molecule has 1 aliphatic rings. The maximum absolute atomic E-state index is 11.1. The zero-order valence-corrected chi connectivity index (χ0v) is 8.32. The fourth-order valence-corrected chi connectivity index (χ4v) is 2.23. The van der Waals surface area contributed by atoms with Gasteiger partial charge in [-0.05, 0) is 25.7 Å². The number of hydrogen-bond donors (Lipinski definition) is 2. The molecule has 4 heteroatoms. The van der Waals surface area contributed by atoms with Crippen LogP contribution in [0.15, 0.2) is 0 Å². The summed E-state index contributed by atoms with van der Waals surface area (Å²) in [6, 6.07) is 0. The summed E-state index contributed by atoms with van der Waals surface area (Å²) >= 11 is 0. The molecular weight excluding hydrogens is 184 g/mol. The molecule has 0 heterocycles. The summed E-state index contributed by atoms with van der Waals surface area (Å²) in [5, 5.41) is 17.8. The second kappa shape index (κ2) is 3.98. The molecule has 0 aromatic carbocycles. The van der Waals surface area contributed by atoms with Crippen LogP contribution in [0.4, 0.5) is 0 Å². The topological polar surface area (TPSA) is 74.6 Å². The van der Waals surface area contributed by atoms with E-state index in [1.165, 1.54) is 0 Å². The summed E-state index contributed by atoms with van der Waals surface area (Å²) in [6.45, 7) is 1.67. The Morgan fingerprint density at radius 3 is 2.50 bits per heavy atom. The van der Waals surface area contributed by atoms with Crippen molar-refractivity contribution >= 4 is 11.9 Å². The SMILES string of the molecule is C[C@@]1(C(=O)O)CCCCC1CC(=O)O. The highest BCUT2D eigenvalue weighted by molar-refractivity contribution is 5.76. The summed E-state index contributed by atoms with van der Waals surface area (Å²) < 4.78 is 0. The first-order valence-electron chi connectivity index (χ1n) is 4.92. The standard InChI is InChI=1S/C10H16O4/c1-10(9(13)14)5-3-2-4-7(10)6-8(11)12/h7H,2-6H2,1H3,(H,11,12)(H,13,14)/t7?,10-/m1/s1. The second-order valence-corrected chi connectivity index (χ2v) is 4.26. The molecule has 4 nitrogen and oxygen atoms in total. The van der Waals surface area contributed by atoms with Gasteiger partial charge < -0.3 is 10.2 Å². The summed E-state index contributed by atoms with van der Waals surface area (Å²) in [4.78, 5) is 21.7. The first kappa shape index (κ1) is 11.0. The van der Waals surface area contributed by atoms with Crippen molar-refractivity contribution < 1.29 is 19.8 Å². The molecule has 1 rings (SSSR count). The average Bonchev–Trinajstić information content (AvgIpc) is 2.08. The summed E-state index contributed by atoms with van der Waals surface area (Å²) in [7, 11) is 0. The van der Waals surface area contributed by atoms with Crippen molar-refractivity contribution in [1.29, 1.82) is 0 Å². The third kappa shape index (κ3) is 2.05. The first-order chi connectivity index (χ1) is 6.47. The normalized spacial score (nSPS) is 32.5. The molecule has 14 heavy (non-hydrogen) atoms. The Hall–Kier alpha value is -1.06. The molecule has 0 bridgehead atoms. The monoisotopic (exact) mass is 200 g/mol. The van der Waals surface area contributed by atoms with E-state index in [0.717, 1.165) is 19.3 Å². The van der Waals surface area contributed by atoms with Crippen LogP contribution in [0.3, 0.4) is 0 Å². The van der Waals surface area contributed by atoms with Gasteiger partial charge in [-0.25, -0.2) is 0 Å². The van der Waals surface area contributed by atoms with E-state index in [9.17, 15) is 9.59 Å². The largest absolute Gasteiger partial charge is 0.481 e. The van der Waals surface area contributed by atoms with Crippen molar-refractivity contribution in [3.05, 3.63) is 0 Å². The van der Waals surface area contributed by atoms with Gasteiger partial charge in [0.15, 0.2) is 0 Å². The van der Waals surface area contributed by atoms with E-state index >= 15 is 0 Å². The second-order valence-electron chi connectivity index (χ2n) is 4.26. The summed E-state index contributed by atoms with van der Waals surface area (Å²) in [6.07, 6.45) is 3.12. The molecule has 0 aromatic heterocycles. The van der Waals surface area contributed by atoms with Gasteiger partial charge in [0.25, 0.3) is 0 Å². The molecule has 80 valence electrons. The number of rotatable bonds is 3. The van der Waals surface area contributed by atoms with E-state index in [1.807, 2.05) is 0 Å². The Balaban J connectivity index is 2.77. The molecule has 1 saturated carbocycles. The maximum atomic E-state index is 11.1. The molecule has 0 spiro atoms. The van der Waals surface area contributed by atoms with Gasteiger partial charge in [-0.1, -0.05) is 12.8 Å². The molecule has 1 unspecified atom stereocenters. The van der Waals surface area contributed by atoms with Crippen LogP contribution in [-0.2, 0) is 9.59 Å². The van der Waals surface area contributed by atoms with Gasteiger partial charge >= 0.3 is 11.9 Å². The van der Waals surface area contributed by atoms with E-state index in [1.54, 1.807) is 6.92 Å². The van der Waals surface area contributed by atoms with Crippen molar-refractivity contribution in [2.24, 2.45) is 11.3 Å². The van der Waals surface area contributed by atoms with E-state index in [0.29, 0.717) is 6.42 Å². The quantitative estimate of drug-likeness (QED) is 0.727. The van der Waals surface area contributed by atoms with Gasteiger partial charge in [0.1, 0.15) is 0 Å². The Labute approximate surface area is 82.9 Å². The minimum atomic E-state index is -0.899. The zero-order valence-electron chi connectivity index (χ0n) is 8.32. The van der Waals surface area contributed by atoms with Gasteiger partial charge in [0.05, 0.1) is 5.41 Å². The lowest BCUT2D eigenvalue weighted by molar-refractivity contribution is -0.155. The van der Waals surface area contributed by atoms with Gasteiger partial charge in [-0.15, -0.1) is 0 Å². The Bertz CT molecular complexity index is 249. The summed E-state index contributed by atoms with van der Waals surface area (Å²) in [5.74, 6) is -1.97. The van der Waals surface area contributed by atoms with Crippen LogP contribution in [-0.4, -0.2) is 22.2 Å². The summed E-state index contributed by atoms with van der Waals surface area (Å²) in [5.41, 5.74) is -0.837. The molecule has 2 atom stereocenters. The van der Waals surface area contributed by atoms with Crippen LogP contribution in [0.2, 0.25) is 0 Å². The first-order valence-corrected chi connectivity index (χ1v) is 4.92. The fraction of sp³-hybridized carbons (Fsp3) is 0.800. The van der Waals surface area contributed by atoms with E-state index < -0.39 is 17.4 Å². The number of carboxylic acid groups (broad SMARTS) is 2. The van der Waals surface area contributed by atoms with Crippen molar-refractivity contribution in [3.63, 3.8) is 0 Å². The Morgan fingerprint density at radius 2 is 2.00 bits per heavy atom. The van der Waals surface area contributed by atoms with Gasteiger partial charge in [-0.2, -0.15) is 0 Å². The predicted octanol–water partition coefficient (Wildman–Crippen LogP) is 1.74. The Morgan fingerprint density at radius 1 is 1.36 bits per heavy atom. The van der Waals surface area contributed by atoms with Crippen LogP contribution < -0.4 is 0 Å². The van der Waals surface area contributed by atoms with Crippen LogP contribution in [0.1, 0.15) is 39.0 Å². The highest BCUT2D eigenvalue weighted by Gasteiger charge is 2.43. The van der Waals surface area contributed by atoms with E-state index in [-0.39, 0.29) is 12.3 Å².